The maximum Gasteiger partial charge on any atom is 0.529 e. The van der Waals surface area contributed by atoms with Gasteiger partial charge in [0.1, 0.15) is 0 Å². The van der Waals surface area contributed by atoms with Crippen LogP contribution in [0.3, 0.4) is 0 Å². The largest absolute Gasteiger partial charge is 0.529 e. The normalized spacial score (nSPS) is 12.5. The van der Waals surface area contributed by atoms with Crippen LogP contribution in [0.5, 0.6) is 0 Å². The Kier molecular flexibility index (Phi) is 10.9. The van der Waals surface area contributed by atoms with E-state index in [1.165, 1.54) is 19.3 Å². The number of hydrogen-bond donors (Lipinski definition) is 0. The van der Waals surface area contributed by atoms with E-state index in [1.807, 2.05) is 26.5 Å². The Hall–Kier alpha value is -0.163. The molecule has 0 aromatic carbocycles. The fraction of sp³-hybridized carbons (Fsp3) is 0.846. The Morgan fingerprint density at radius 1 is 0.824 bits per heavy atom. The van der Waals surface area contributed by atoms with E-state index < -0.39 is 8.80 Å². The van der Waals surface area contributed by atoms with E-state index in [4.69, 9.17) is 13.3 Å². The standard InChI is InChI=1S/C13H28O3Si/c1-5-9-10-11-12-13-17(14-6-2,15-7-3)16-8-4/h12-13H,5-11H2,1-4H3/b13-12+. The maximum atomic E-state index is 5.72. The van der Waals surface area contributed by atoms with Gasteiger partial charge in [0.15, 0.2) is 0 Å². The molecular weight excluding hydrogens is 232 g/mol. The van der Waals surface area contributed by atoms with Crippen LogP contribution in [0.15, 0.2) is 11.8 Å². The zero-order valence-electron chi connectivity index (χ0n) is 11.8. The first-order valence-electron chi connectivity index (χ1n) is 6.84. The maximum absolute atomic E-state index is 5.72. The van der Waals surface area contributed by atoms with Gasteiger partial charge in [-0.15, -0.1) is 0 Å². The van der Waals surface area contributed by atoms with Crippen molar-refractivity contribution >= 4 is 8.80 Å². The molecule has 0 spiro atoms. The van der Waals surface area contributed by atoms with Crippen molar-refractivity contribution in [2.45, 2.75) is 53.4 Å². The number of hydrogen-bond acceptors (Lipinski definition) is 3. The third-order valence-corrected chi connectivity index (χ3v) is 5.05. The highest BCUT2D eigenvalue weighted by molar-refractivity contribution is 6.66. The Labute approximate surface area is 108 Å². The van der Waals surface area contributed by atoms with Gasteiger partial charge in [-0.25, -0.2) is 0 Å². The molecule has 3 nitrogen and oxygen atoms in total. The van der Waals surface area contributed by atoms with E-state index in [0.29, 0.717) is 19.8 Å². The second-order valence-corrected chi connectivity index (χ2v) is 6.21. The van der Waals surface area contributed by atoms with Crippen LogP contribution in [-0.4, -0.2) is 28.6 Å². The first-order valence-corrected chi connectivity index (χ1v) is 8.64. The second kappa shape index (κ2) is 11.0. The monoisotopic (exact) mass is 260 g/mol. The average Bonchev–Trinajstić information content (AvgIpc) is 2.30. The summed E-state index contributed by atoms with van der Waals surface area (Å²) in [6.45, 7) is 10.0. The molecule has 0 amide bonds. The number of allylic oxidation sites excluding steroid dienone is 1. The molecule has 0 aromatic heterocycles. The minimum absolute atomic E-state index is 0.630. The second-order valence-electron chi connectivity index (χ2n) is 3.80. The number of rotatable bonds is 11. The van der Waals surface area contributed by atoms with Crippen LogP contribution in [0.2, 0.25) is 0 Å². The molecule has 102 valence electrons. The quantitative estimate of drug-likeness (QED) is 0.419. The molecule has 0 aliphatic heterocycles. The van der Waals surface area contributed by atoms with Crippen LogP contribution in [0, 0.1) is 0 Å². The Morgan fingerprint density at radius 3 is 1.76 bits per heavy atom. The molecule has 0 unspecified atom stereocenters. The van der Waals surface area contributed by atoms with Crippen molar-refractivity contribution in [2.24, 2.45) is 0 Å². The van der Waals surface area contributed by atoms with Crippen molar-refractivity contribution < 1.29 is 13.3 Å². The van der Waals surface area contributed by atoms with Crippen molar-refractivity contribution in [3.05, 3.63) is 11.8 Å². The van der Waals surface area contributed by atoms with Crippen LogP contribution in [0.4, 0.5) is 0 Å². The van der Waals surface area contributed by atoms with Crippen LogP contribution in [0.1, 0.15) is 53.4 Å². The van der Waals surface area contributed by atoms with Crippen molar-refractivity contribution in [2.75, 3.05) is 19.8 Å². The zero-order valence-corrected chi connectivity index (χ0v) is 12.8. The Morgan fingerprint density at radius 2 is 1.35 bits per heavy atom. The summed E-state index contributed by atoms with van der Waals surface area (Å²) in [5.41, 5.74) is 2.04. The summed E-state index contributed by atoms with van der Waals surface area (Å²) in [6, 6.07) is 0. The molecule has 0 N–H and O–H groups in total. The lowest BCUT2D eigenvalue weighted by molar-refractivity contribution is 0.0842. The van der Waals surface area contributed by atoms with E-state index in [-0.39, 0.29) is 0 Å². The molecular formula is C13H28O3Si. The predicted octanol–water partition coefficient (Wildman–Crippen LogP) is 3.71. The summed E-state index contributed by atoms with van der Waals surface area (Å²) >= 11 is 0. The molecule has 17 heavy (non-hydrogen) atoms. The first-order chi connectivity index (χ1) is 8.24. The fourth-order valence-corrected chi connectivity index (χ4v) is 3.81. The summed E-state index contributed by atoms with van der Waals surface area (Å²) in [7, 11) is -2.54. The van der Waals surface area contributed by atoms with E-state index in [2.05, 4.69) is 13.0 Å². The molecule has 0 fully saturated rings. The highest BCUT2D eigenvalue weighted by atomic mass is 28.4. The van der Waals surface area contributed by atoms with Crippen LogP contribution >= 0.6 is 0 Å². The van der Waals surface area contributed by atoms with E-state index >= 15 is 0 Å². The third-order valence-electron chi connectivity index (χ3n) is 2.33. The van der Waals surface area contributed by atoms with Gasteiger partial charge in [-0.3, -0.25) is 0 Å². The lowest BCUT2D eigenvalue weighted by atomic mass is 10.2. The van der Waals surface area contributed by atoms with Crippen molar-refractivity contribution in [1.82, 2.24) is 0 Å². The van der Waals surface area contributed by atoms with Gasteiger partial charge in [0.25, 0.3) is 0 Å². The topological polar surface area (TPSA) is 27.7 Å². The van der Waals surface area contributed by atoms with Gasteiger partial charge < -0.3 is 13.3 Å². The molecule has 0 aliphatic carbocycles. The fourth-order valence-electron chi connectivity index (χ4n) is 1.61. The van der Waals surface area contributed by atoms with Gasteiger partial charge in [0.05, 0.1) is 0 Å². The molecule has 0 bridgehead atoms. The lowest BCUT2D eigenvalue weighted by Gasteiger charge is -2.25. The molecule has 0 saturated carbocycles. The van der Waals surface area contributed by atoms with Gasteiger partial charge in [-0.1, -0.05) is 25.8 Å². The van der Waals surface area contributed by atoms with E-state index in [0.717, 1.165) is 6.42 Å². The molecule has 0 atom stereocenters. The minimum Gasteiger partial charge on any atom is -0.371 e. The van der Waals surface area contributed by atoms with Crippen molar-refractivity contribution in [3.63, 3.8) is 0 Å². The number of unbranched alkanes of at least 4 members (excludes halogenated alkanes) is 3. The molecule has 0 rings (SSSR count). The summed E-state index contributed by atoms with van der Waals surface area (Å²) in [6.07, 6.45) is 6.98. The molecule has 0 saturated heterocycles. The van der Waals surface area contributed by atoms with Gasteiger partial charge in [-0.2, -0.15) is 0 Å². The summed E-state index contributed by atoms with van der Waals surface area (Å²) in [4.78, 5) is 0. The first kappa shape index (κ1) is 16.8. The molecule has 4 heteroatoms. The molecule has 0 radical (unpaired) electrons. The molecule has 0 aromatic rings. The zero-order chi connectivity index (χ0) is 13.0. The van der Waals surface area contributed by atoms with Gasteiger partial charge >= 0.3 is 8.80 Å². The van der Waals surface area contributed by atoms with Crippen LogP contribution in [-0.2, 0) is 13.3 Å². The highest BCUT2D eigenvalue weighted by Gasteiger charge is 2.37. The van der Waals surface area contributed by atoms with Crippen molar-refractivity contribution in [3.8, 4) is 0 Å². The Bertz CT molecular complexity index is 178. The average molecular weight is 260 g/mol. The van der Waals surface area contributed by atoms with Gasteiger partial charge in [0.2, 0.25) is 0 Å². The summed E-state index contributed by atoms with van der Waals surface area (Å²) < 4.78 is 17.2. The van der Waals surface area contributed by atoms with Crippen LogP contribution in [0.25, 0.3) is 0 Å². The highest BCUT2D eigenvalue weighted by Crippen LogP contribution is 2.13. The molecule has 0 aliphatic rings. The smallest absolute Gasteiger partial charge is 0.371 e. The minimum atomic E-state index is -2.54. The third kappa shape index (κ3) is 7.71. The van der Waals surface area contributed by atoms with E-state index in [9.17, 15) is 0 Å². The van der Waals surface area contributed by atoms with Gasteiger partial charge in [-0.05, 0) is 39.3 Å². The lowest BCUT2D eigenvalue weighted by Crippen LogP contribution is -2.44. The predicted molar refractivity (Wildman–Crippen MR) is 73.9 cm³/mol. The van der Waals surface area contributed by atoms with Gasteiger partial charge in [0, 0.05) is 19.8 Å². The van der Waals surface area contributed by atoms with E-state index in [1.54, 1.807) is 0 Å². The molecule has 0 heterocycles. The summed E-state index contributed by atoms with van der Waals surface area (Å²) in [5, 5.41) is 0. The summed E-state index contributed by atoms with van der Waals surface area (Å²) in [5.74, 6) is 0. The Balaban J connectivity index is 4.31. The van der Waals surface area contributed by atoms with Crippen molar-refractivity contribution in [1.29, 1.82) is 0 Å². The van der Waals surface area contributed by atoms with Crippen LogP contribution < -0.4 is 0 Å². The SMILES string of the molecule is CCCCC/C=C/[Si](OCC)(OCC)OCC.